The Kier molecular flexibility index (Phi) is 2.98. The molecule has 0 N–H and O–H groups in total. The molecule has 1 fully saturated rings. The van der Waals surface area contributed by atoms with Gasteiger partial charge in [-0.25, -0.2) is 0 Å². The van der Waals surface area contributed by atoms with Gasteiger partial charge in [0, 0.05) is 0 Å². The Bertz CT molecular complexity index is 169. The molecule has 0 aromatic carbocycles. The summed E-state index contributed by atoms with van der Waals surface area (Å²) in [5, 5.41) is 0. The third kappa shape index (κ3) is 1.44. The molecule has 1 aliphatic carbocycles. The zero-order valence-electron chi connectivity index (χ0n) is 8.82. The van der Waals surface area contributed by atoms with Crippen LogP contribution >= 0.6 is 0 Å². The van der Waals surface area contributed by atoms with Crippen LogP contribution < -0.4 is 0 Å². The highest BCUT2D eigenvalue weighted by Crippen LogP contribution is 2.50. The Morgan fingerprint density at radius 3 is 2.58 bits per heavy atom. The fourth-order valence-corrected chi connectivity index (χ4v) is 2.91. The number of hydrogen-bond donors (Lipinski definition) is 0. The van der Waals surface area contributed by atoms with Crippen LogP contribution in [0.3, 0.4) is 0 Å². The molecule has 2 unspecified atom stereocenters. The molecule has 70 valence electrons. The van der Waals surface area contributed by atoms with Gasteiger partial charge in [-0.3, -0.25) is 0 Å². The molecule has 0 nitrogen and oxygen atoms in total. The van der Waals surface area contributed by atoms with Crippen molar-refractivity contribution in [3.05, 3.63) is 12.2 Å². The van der Waals surface area contributed by atoms with Crippen LogP contribution in [0.4, 0.5) is 0 Å². The van der Waals surface area contributed by atoms with Crippen molar-refractivity contribution in [2.45, 2.75) is 52.9 Å². The summed E-state index contributed by atoms with van der Waals surface area (Å²) in [7, 11) is 0. The predicted molar refractivity (Wildman–Crippen MR) is 55.2 cm³/mol. The third-order valence-electron chi connectivity index (χ3n) is 3.75. The van der Waals surface area contributed by atoms with Crippen molar-refractivity contribution in [1.82, 2.24) is 0 Å². The van der Waals surface area contributed by atoms with Crippen LogP contribution in [0.25, 0.3) is 0 Å². The molecule has 0 radical (unpaired) electrons. The quantitative estimate of drug-likeness (QED) is 0.552. The molecule has 1 saturated carbocycles. The van der Waals surface area contributed by atoms with Crippen LogP contribution in [0.5, 0.6) is 0 Å². The van der Waals surface area contributed by atoms with E-state index in [4.69, 9.17) is 0 Å². The lowest BCUT2D eigenvalue weighted by Crippen LogP contribution is -2.24. The highest BCUT2D eigenvalue weighted by molar-refractivity contribution is 5.12. The summed E-state index contributed by atoms with van der Waals surface area (Å²) in [6.07, 6.45) is 6.86. The van der Waals surface area contributed by atoms with Gasteiger partial charge in [0.25, 0.3) is 0 Å². The minimum Gasteiger partial charge on any atom is -0.0996 e. The number of hydrogen-bond acceptors (Lipinski definition) is 0. The zero-order valence-corrected chi connectivity index (χ0v) is 8.82. The minimum absolute atomic E-state index is 0.509. The lowest BCUT2D eigenvalue weighted by molar-refractivity contribution is 0.250. The molecule has 0 heteroatoms. The summed E-state index contributed by atoms with van der Waals surface area (Å²) in [6.45, 7) is 11.1. The minimum atomic E-state index is 0.509. The lowest BCUT2D eigenvalue weighted by Gasteiger charge is -2.34. The molecular formula is C12H22. The molecule has 0 heterocycles. The fraction of sp³-hybridized carbons (Fsp3) is 0.833. The first-order chi connectivity index (χ1) is 5.63. The van der Waals surface area contributed by atoms with Crippen molar-refractivity contribution in [1.29, 1.82) is 0 Å². The second-order valence-corrected chi connectivity index (χ2v) is 4.48. The van der Waals surface area contributed by atoms with Gasteiger partial charge in [-0.1, -0.05) is 38.8 Å². The van der Waals surface area contributed by atoms with E-state index in [0.29, 0.717) is 5.41 Å². The maximum atomic E-state index is 4.18. The maximum absolute atomic E-state index is 4.18. The van der Waals surface area contributed by atoms with Gasteiger partial charge in [0.2, 0.25) is 0 Å². The molecule has 0 aliphatic heterocycles. The van der Waals surface area contributed by atoms with Gasteiger partial charge in [0.15, 0.2) is 0 Å². The first-order valence-corrected chi connectivity index (χ1v) is 5.29. The van der Waals surface area contributed by atoms with Crippen molar-refractivity contribution in [2.24, 2.45) is 11.3 Å². The van der Waals surface area contributed by atoms with Crippen molar-refractivity contribution in [3.63, 3.8) is 0 Å². The van der Waals surface area contributed by atoms with Crippen LogP contribution in [-0.2, 0) is 0 Å². The predicted octanol–water partition coefficient (Wildman–Crippen LogP) is 4.17. The summed E-state index contributed by atoms with van der Waals surface area (Å²) in [6, 6.07) is 0. The highest BCUT2D eigenvalue weighted by atomic mass is 14.4. The molecule has 0 bridgehead atoms. The van der Waals surface area contributed by atoms with E-state index in [1.54, 1.807) is 0 Å². The smallest absolute Gasteiger partial charge is 0.00680 e. The largest absolute Gasteiger partial charge is 0.0996 e. The van der Waals surface area contributed by atoms with Gasteiger partial charge >= 0.3 is 0 Å². The van der Waals surface area contributed by atoms with Gasteiger partial charge in [0.1, 0.15) is 0 Å². The Labute approximate surface area is 77.1 Å². The molecule has 1 rings (SSSR count). The van der Waals surface area contributed by atoms with E-state index in [0.717, 1.165) is 5.92 Å². The van der Waals surface area contributed by atoms with Gasteiger partial charge in [0.05, 0.1) is 0 Å². The van der Waals surface area contributed by atoms with E-state index in [1.807, 2.05) is 0 Å². The molecule has 0 aromatic rings. The van der Waals surface area contributed by atoms with Gasteiger partial charge in [-0.05, 0) is 37.5 Å². The molecule has 2 atom stereocenters. The fourth-order valence-electron chi connectivity index (χ4n) is 2.91. The van der Waals surface area contributed by atoms with Crippen molar-refractivity contribution in [3.8, 4) is 0 Å². The highest BCUT2D eigenvalue weighted by Gasteiger charge is 2.39. The van der Waals surface area contributed by atoms with Crippen LogP contribution in [0.2, 0.25) is 0 Å². The average Bonchev–Trinajstić information content (AvgIpc) is 2.34. The van der Waals surface area contributed by atoms with Crippen molar-refractivity contribution >= 4 is 0 Å². The standard InChI is InChI=1S/C12H22/c1-5-8-12(10(2)3)9-6-7-11(12)4/h11H,2,5-9H2,1,3-4H3. The van der Waals surface area contributed by atoms with Crippen LogP contribution in [-0.4, -0.2) is 0 Å². The normalized spacial score (nSPS) is 35.4. The topological polar surface area (TPSA) is 0 Å². The van der Waals surface area contributed by atoms with E-state index in [2.05, 4.69) is 27.4 Å². The van der Waals surface area contributed by atoms with E-state index < -0.39 is 0 Å². The van der Waals surface area contributed by atoms with Crippen molar-refractivity contribution < 1.29 is 0 Å². The number of allylic oxidation sites excluding steroid dienone is 1. The Morgan fingerprint density at radius 1 is 1.58 bits per heavy atom. The molecule has 12 heavy (non-hydrogen) atoms. The van der Waals surface area contributed by atoms with E-state index in [-0.39, 0.29) is 0 Å². The van der Waals surface area contributed by atoms with E-state index in [1.165, 1.54) is 37.7 Å². The maximum Gasteiger partial charge on any atom is -0.00680 e. The third-order valence-corrected chi connectivity index (χ3v) is 3.75. The Hall–Kier alpha value is -0.260. The average molecular weight is 166 g/mol. The molecular weight excluding hydrogens is 144 g/mol. The molecule has 0 spiro atoms. The van der Waals surface area contributed by atoms with Crippen LogP contribution in [0.1, 0.15) is 52.9 Å². The monoisotopic (exact) mass is 166 g/mol. The molecule has 0 amide bonds. The Balaban J connectivity index is 2.77. The first-order valence-electron chi connectivity index (χ1n) is 5.29. The van der Waals surface area contributed by atoms with Crippen molar-refractivity contribution in [2.75, 3.05) is 0 Å². The van der Waals surface area contributed by atoms with Gasteiger partial charge < -0.3 is 0 Å². The lowest BCUT2D eigenvalue weighted by atomic mass is 9.70. The van der Waals surface area contributed by atoms with Gasteiger partial charge in [-0.2, -0.15) is 0 Å². The summed E-state index contributed by atoms with van der Waals surface area (Å²) in [4.78, 5) is 0. The number of rotatable bonds is 3. The van der Waals surface area contributed by atoms with Crippen LogP contribution in [0, 0.1) is 11.3 Å². The zero-order chi connectivity index (χ0) is 9.19. The summed E-state index contributed by atoms with van der Waals surface area (Å²) >= 11 is 0. The summed E-state index contributed by atoms with van der Waals surface area (Å²) < 4.78 is 0. The molecule has 0 aromatic heterocycles. The summed E-state index contributed by atoms with van der Waals surface area (Å²) in [5.41, 5.74) is 1.93. The second kappa shape index (κ2) is 3.64. The SMILES string of the molecule is C=C(C)C1(CCC)CCCC1C. The Morgan fingerprint density at radius 2 is 2.25 bits per heavy atom. The van der Waals surface area contributed by atoms with E-state index in [9.17, 15) is 0 Å². The summed E-state index contributed by atoms with van der Waals surface area (Å²) in [5.74, 6) is 0.870. The second-order valence-electron chi connectivity index (χ2n) is 4.48. The van der Waals surface area contributed by atoms with Gasteiger partial charge in [-0.15, -0.1) is 0 Å². The molecule has 1 aliphatic rings. The van der Waals surface area contributed by atoms with E-state index >= 15 is 0 Å². The first kappa shape index (κ1) is 9.83. The van der Waals surface area contributed by atoms with Crippen LogP contribution in [0.15, 0.2) is 12.2 Å². The molecule has 0 saturated heterocycles.